The average Bonchev–Trinajstić information content (AvgIpc) is 3.62. The summed E-state index contributed by atoms with van der Waals surface area (Å²) >= 11 is 0. The topological polar surface area (TPSA) is 95.1 Å². The van der Waals surface area contributed by atoms with E-state index in [2.05, 4.69) is 4.98 Å². The van der Waals surface area contributed by atoms with Crippen molar-refractivity contribution in [2.24, 2.45) is 0 Å². The Morgan fingerprint density at radius 2 is 1.82 bits per heavy atom. The zero-order chi connectivity index (χ0) is 27.7. The van der Waals surface area contributed by atoms with Gasteiger partial charge in [0.15, 0.2) is 5.82 Å². The highest BCUT2D eigenvalue weighted by Crippen LogP contribution is 2.38. The van der Waals surface area contributed by atoms with Crippen molar-refractivity contribution in [3.05, 3.63) is 84.0 Å². The summed E-state index contributed by atoms with van der Waals surface area (Å²) in [5, 5.41) is 4.81. The molecule has 10 heteroatoms. The number of rotatable bonds is 7. The lowest BCUT2D eigenvalue weighted by Crippen LogP contribution is -2.47. The molecule has 2 aliphatic heterocycles. The normalized spacial score (nSPS) is 20.1. The van der Waals surface area contributed by atoms with Crippen LogP contribution in [0.3, 0.4) is 0 Å². The van der Waals surface area contributed by atoms with E-state index >= 15 is 0 Å². The van der Waals surface area contributed by atoms with Gasteiger partial charge < -0.3 is 9.30 Å². The molecule has 40 heavy (non-hydrogen) atoms. The summed E-state index contributed by atoms with van der Waals surface area (Å²) in [4.78, 5) is 9.68. The predicted molar refractivity (Wildman–Crippen MR) is 154 cm³/mol. The molecular formula is C30H34N6O3S. The number of fused-ring (bicyclic) bond motifs is 1. The van der Waals surface area contributed by atoms with Gasteiger partial charge in [0.2, 0.25) is 10.0 Å². The Bertz CT molecular complexity index is 1630. The van der Waals surface area contributed by atoms with Crippen LogP contribution in [0.4, 0.5) is 0 Å². The molecule has 2 aliphatic rings. The second-order valence-corrected chi connectivity index (χ2v) is 12.3. The first-order chi connectivity index (χ1) is 19.5. The molecule has 2 unspecified atom stereocenters. The van der Waals surface area contributed by atoms with Crippen molar-refractivity contribution < 1.29 is 13.2 Å². The number of para-hydroxylation sites is 1. The molecule has 9 nitrogen and oxygen atoms in total. The molecular weight excluding hydrogens is 524 g/mol. The fourth-order valence-corrected chi connectivity index (χ4v) is 7.77. The highest BCUT2D eigenvalue weighted by molar-refractivity contribution is 7.89. The zero-order valence-corrected chi connectivity index (χ0v) is 23.7. The Morgan fingerprint density at radius 3 is 2.60 bits per heavy atom. The standard InChI is InChI=1S/C30H34N6O3S/c1-22-20-34(21-31-22)29-23(10-8-15-27(29)39-2)16-17-28-32-30-25(13-9-18-35(30)33-28)26-14-6-7-19-36(26)40(37,38)24-11-4-3-5-12-24/h3-5,8,10-12,15-17,20-21,25-26H,6-7,9,13-14,18-19H2,1-2H3/b17-16+. The molecule has 4 aromatic rings. The monoisotopic (exact) mass is 558 g/mol. The molecule has 0 bridgehead atoms. The van der Waals surface area contributed by atoms with Crippen molar-refractivity contribution >= 4 is 22.2 Å². The van der Waals surface area contributed by atoms with Gasteiger partial charge in [-0.25, -0.2) is 23.1 Å². The van der Waals surface area contributed by atoms with E-state index in [0.717, 1.165) is 67.2 Å². The van der Waals surface area contributed by atoms with Crippen LogP contribution in [0.15, 0.2) is 66.0 Å². The number of aryl methyl sites for hydroxylation is 2. The second-order valence-electron chi connectivity index (χ2n) is 10.4. The van der Waals surface area contributed by atoms with Crippen LogP contribution in [-0.2, 0) is 16.6 Å². The van der Waals surface area contributed by atoms with Gasteiger partial charge in [0.1, 0.15) is 11.6 Å². The van der Waals surface area contributed by atoms with E-state index < -0.39 is 10.0 Å². The van der Waals surface area contributed by atoms with Crippen molar-refractivity contribution in [2.45, 2.75) is 62.4 Å². The van der Waals surface area contributed by atoms with Crippen molar-refractivity contribution in [2.75, 3.05) is 13.7 Å². The SMILES string of the molecule is COc1cccc(/C=C/c2nc3n(n2)CCCC3C2CCCCN2S(=O)(=O)c2ccccc2)c1-n1cnc(C)c1. The fourth-order valence-electron chi connectivity index (χ4n) is 6.02. The Hall–Kier alpha value is -3.76. The van der Waals surface area contributed by atoms with E-state index in [1.807, 2.05) is 58.8 Å². The molecule has 1 fully saturated rings. The first kappa shape index (κ1) is 26.5. The third-order valence-electron chi connectivity index (χ3n) is 7.88. The third kappa shape index (κ3) is 4.97. The molecule has 0 amide bonds. The van der Waals surface area contributed by atoms with Crippen LogP contribution in [0, 0.1) is 6.92 Å². The van der Waals surface area contributed by atoms with E-state index in [0.29, 0.717) is 17.3 Å². The van der Waals surface area contributed by atoms with E-state index in [1.54, 1.807) is 42.0 Å². The number of methoxy groups -OCH3 is 1. The lowest BCUT2D eigenvalue weighted by Gasteiger charge is -2.40. The van der Waals surface area contributed by atoms with Gasteiger partial charge in [-0.15, -0.1) is 0 Å². The minimum absolute atomic E-state index is 0.00323. The zero-order valence-electron chi connectivity index (χ0n) is 22.8. The van der Waals surface area contributed by atoms with Crippen LogP contribution in [0.25, 0.3) is 17.8 Å². The summed E-state index contributed by atoms with van der Waals surface area (Å²) < 4.78 is 38.7. The minimum Gasteiger partial charge on any atom is -0.495 e. The maximum absolute atomic E-state index is 13.7. The number of imidazole rings is 1. The number of sulfonamides is 1. The van der Waals surface area contributed by atoms with E-state index in [4.69, 9.17) is 14.8 Å². The quantitative estimate of drug-likeness (QED) is 0.314. The van der Waals surface area contributed by atoms with Gasteiger partial charge in [-0.1, -0.05) is 36.8 Å². The van der Waals surface area contributed by atoms with Gasteiger partial charge in [0.25, 0.3) is 0 Å². The molecule has 6 rings (SSSR count). The number of ether oxygens (including phenoxy) is 1. The number of piperidine rings is 1. The summed E-state index contributed by atoms with van der Waals surface area (Å²) in [5.41, 5.74) is 2.77. The Morgan fingerprint density at radius 1 is 0.975 bits per heavy atom. The van der Waals surface area contributed by atoms with E-state index in [-0.39, 0.29) is 12.0 Å². The fraction of sp³-hybridized carbons (Fsp3) is 0.367. The van der Waals surface area contributed by atoms with Gasteiger partial charge in [-0.2, -0.15) is 9.40 Å². The smallest absolute Gasteiger partial charge is 0.243 e. The van der Waals surface area contributed by atoms with Gasteiger partial charge in [0, 0.05) is 36.8 Å². The number of hydrogen-bond donors (Lipinski definition) is 0. The van der Waals surface area contributed by atoms with Crippen LogP contribution in [0.1, 0.15) is 60.9 Å². The molecule has 0 N–H and O–H groups in total. The molecule has 0 spiro atoms. The lowest BCUT2D eigenvalue weighted by atomic mass is 9.86. The Labute approximate surface area is 235 Å². The molecule has 0 aliphatic carbocycles. The van der Waals surface area contributed by atoms with E-state index in [9.17, 15) is 8.42 Å². The molecule has 2 aromatic heterocycles. The van der Waals surface area contributed by atoms with Gasteiger partial charge in [0.05, 0.1) is 29.7 Å². The molecule has 2 atom stereocenters. The minimum atomic E-state index is -3.60. The maximum atomic E-state index is 13.7. The number of benzene rings is 2. The highest BCUT2D eigenvalue weighted by Gasteiger charge is 2.41. The summed E-state index contributed by atoms with van der Waals surface area (Å²) in [5.74, 6) is 2.24. The van der Waals surface area contributed by atoms with Gasteiger partial charge in [-0.3, -0.25) is 0 Å². The largest absolute Gasteiger partial charge is 0.495 e. The van der Waals surface area contributed by atoms with Crippen LogP contribution >= 0.6 is 0 Å². The predicted octanol–water partition coefficient (Wildman–Crippen LogP) is 5.07. The van der Waals surface area contributed by atoms with Crippen LogP contribution in [-0.4, -0.2) is 56.7 Å². The Balaban J connectivity index is 1.31. The number of nitrogens with zero attached hydrogens (tertiary/aromatic N) is 6. The van der Waals surface area contributed by atoms with Crippen molar-refractivity contribution in [1.82, 2.24) is 28.6 Å². The first-order valence-electron chi connectivity index (χ1n) is 13.8. The number of hydrogen-bond acceptors (Lipinski definition) is 6. The van der Waals surface area contributed by atoms with Gasteiger partial charge >= 0.3 is 0 Å². The molecule has 208 valence electrons. The molecule has 0 radical (unpaired) electrons. The average molecular weight is 559 g/mol. The van der Waals surface area contributed by atoms with Crippen LogP contribution in [0.2, 0.25) is 0 Å². The number of aromatic nitrogens is 5. The first-order valence-corrected chi connectivity index (χ1v) is 15.3. The highest BCUT2D eigenvalue weighted by atomic mass is 32.2. The summed E-state index contributed by atoms with van der Waals surface area (Å²) in [6.45, 7) is 3.27. The van der Waals surface area contributed by atoms with Crippen molar-refractivity contribution in [1.29, 1.82) is 0 Å². The van der Waals surface area contributed by atoms with Crippen LogP contribution < -0.4 is 4.74 Å². The third-order valence-corrected chi connectivity index (χ3v) is 9.82. The van der Waals surface area contributed by atoms with Crippen molar-refractivity contribution in [3.63, 3.8) is 0 Å². The Kier molecular flexibility index (Phi) is 7.29. The maximum Gasteiger partial charge on any atom is 0.243 e. The van der Waals surface area contributed by atoms with Crippen molar-refractivity contribution in [3.8, 4) is 11.4 Å². The molecule has 4 heterocycles. The molecule has 2 aromatic carbocycles. The summed E-state index contributed by atoms with van der Waals surface area (Å²) in [6.07, 6.45) is 12.2. The summed E-state index contributed by atoms with van der Waals surface area (Å²) in [7, 11) is -1.94. The van der Waals surface area contributed by atoms with E-state index in [1.165, 1.54) is 0 Å². The summed E-state index contributed by atoms with van der Waals surface area (Å²) in [6, 6.07) is 14.6. The molecule has 0 saturated carbocycles. The second kappa shape index (κ2) is 11.0. The molecule has 1 saturated heterocycles. The van der Waals surface area contributed by atoms with Gasteiger partial charge in [-0.05, 0) is 63.0 Å². The van der Waals surface area contributed by atoms with Crippen LogP contribution in [0.5, 0.6) is 5.75 Å². The lowest BCUT2D eigenvalue weighted by molar-refractivity contribution is 0.194.